The second-order valence-electron chi connectivity index (χ2n) is 8.58. The summed E-state index contributed by atoms with van der Waals surface area (Å²) in [6.07, 6.45) is 8.64. The summed E-state index contributed by atoms with van der Waals surface area (Å²) >= 11 is 6.07. The molecule has 0 saturated heterocycles. The van der Waals surface area contributed by atoms with Gasteiger partial charge in [-0.25, -0.2) is 15.0 Å². The van der Waals surface area contributed by atoms with Crippen LogP contribution in [0, 0.1) is 17.8 Å². The number of H-pyrrole nitrogens is 1. The number of carbonyl (C=O) groups is 1. The predicted octanol–water partition coefficient (Wildman–Crippen LogP) is 4.02. The fourth-order valence-electron chi connectivity index (χ4n) is 5.28. The largest absolute Gasteiger partial charge is 0.481 e. The van der Waals surface area contributed by atoms with Crippen LogP contribution in [0.2, 0.25) is 5.15 Å². The van der Waals surface area contributed by atoms with Crippen molar-refractivity contribution in [2.75, 3.05) is 5.32 Å². The number of hydrogen-bond donors (Lipinski definition) is 3. The van der Waals surface area contributed by atoms with E-state index in [1.807, 2.05) is 0 Å². The Morgan fingerprint density at radius 3 is 2.67 bits per heavy atom. The molecule has 3 N–H and O–H groups in total. The maximum absolute atomic E-state index is 12.1. The molecule has 0 aromatic carbocycles. The molecule has 0 radical (unpaired) electrons. The van der Waals surface area contributed by atoms with Crippen LogP contribution in [0.15, 0.2) is 35.2 Å². The highest BCUT2D eigenvalue weighted by Gasteiger charge is 2.47. The van der Waals surface area contributed by atoms with Gasteiger partial charge in [0.25, 0.3) is 0 Å². The zero-order valence-electron chi connectivity index (χ0n) is 17.4. The summed E-state index contributed by atoms with van der Waals surface area (Å²) < 4.78 is 5.52. The third-order valence-corrected chi connectivity index (χ3v) is 6.95. The van der Waals surface area contributed by atoms with Crippen molar-refractivity contribution in [3.8, 4) is 23.0 Å². The van der Waals surface area contributed by atoms with Crippen molar-refractivity contribution in [3.63, 3.8) is 0 Å². The van der Waals surface area contributed by atoms with E-state index < -0.39 is 11.9 Å². The molecule has 4 aromatic rings. The molecule has 0 spiro atoms. The lowest BCUT2D eigenvalue weighted by Gasteiger charge is -2.46. The van der Waals surface area contributed by atoms with Crippen LogP contribution in [-0.4, -0.2) is 47.0 Å². The van der Waals surface area contributed by atoms with E-state index in [-0.39, 0.29) is 23.0 Å². The van der Waals surface area contributed by atoms with Crippen LogP contribution in [0.4, 0.5) is 5.95 Å². The van der Waals surface area contributed by atoms with E-state index in [9.17, 15) is 9.90 Å². The van der Waals surface area contributed by atoms with Gasteiger partial charge in [0.2, 0.25) is 11.8 Å². The van der Waals surface area contributed by atoms with Crippen molar-refractivity contribution in [2.24, 2.45) is 17.8 Å². The van der Waals surface area contributed by atoms with Gasteiger partial charge in [-0.2, -0.15) is 9.97 Å². The minimum atomic E-state index is -0.774. The van der Waals surface area contributed by atoms with Gasteiger partial charge in [-0.05, 0) is 49.7 Å². The molecule has 3 aliphatic carbocycles. The van der Waals surface area contributed by atoms with Gasteiger partial charge in [0.1, 0.15) is 10.7 Å². The Bertz CT molecular complexity index is 1330. The van der Waals surface area contributed by atoms with Crippen molar-refractivity contribution in [1.82, 2.24) is 29.9 Å². The maximum Gasteiger partial charge on any atom is 0.308 e. The molecule has 4 aromatic heterocycles. The Morgan fingerprint density at radius 2 is 1.91 bits per heavy atom. The predicted molar refractivity (Wildman–Crippen MR) is 119 cm³/mol. The number of fused-ring (bicyclic) bond motifs is 4. The number of nitrogens with zero attached hydrogens (tertiary/aromatic N) is 5. The van der Waals surface area contributed by atoms with Crippen molar-refractivity contribution in [1.29, 1.82) is 0 Å². The second kappa shape index (κ2) is 7.80. The number of aromatic nitrogens is 6. The molecule has 4 heterocycles. The van der Waals surface area contributed by atoms with Gasteiger partial charge < -0.3 is 19.8 Å². The van der Waals surface area contributed by atoms with E-state index in [1.54, 1.807) is 24.6 Å². The number of halogens is 1. The van der Waals surface area contributed by atoms with Crippen molar-refractivity contribution in [2.45, 2.75) is 31.7 Å². The van der Waals surface area contributed by atoms with Gasteiger partial charge in [-0.3, -0.25) is 4.79 Å². The summed E-state index contributed by atoms with van der Waals surface area (Å²) in [4.78, 5) is 37.6. The lowest BCUT2D eigenvalue weighted by molar-refractivity contribution is -0.148. The second-order valence-corrected chi connectivity index (χ2v) is 8.97. The first kappa shape index (κ1) is 20.1. The number of aliphatic carboxylic acids is 1. The molecule has 168 valence electrons. The first-order valence-corrected chi connectivity index (χ1v) is 11.2. The number of aromatic amines is 1. The summed E-state index contributed by atoms with van der Waals surface area (Å²) in [7, 11) is 0. The number of anilines is 1. The minimum absolute atomic E-state index is 0.168. The zero-order chi connectivity index (χ0) is 22.5. The van der Waals surface area contributed by atoms with Gasteiger partial charge in [-0.1, -0.05) is 11.6 Å². The molecular weight excluding hydrogens is 446 g/mol. The molecule has 7 rings (SSSR count). The summed E-state index contributed by atoms with van der Waals surface area (Å²) in [6.45, 7) is 0. The summed E-state index contributed by atoms with van der Waals surface area (Å²) in [6, 6.07) is 3.27. The van der Waals surface area contributed by atoms with Crippen molar-refractivity contribution < 1.29 is 14.3 Å². The van der Waals surface area contributed by atoms with Gasteiger partial charge in [0.05, 0.1) is 23.9 Å². The molecule has 3 aliphatic rings. The SMILES string of the molecule is O=C(O)C1C2CCC(CC2)C1Nc1nc(-c2ccco2)nc(-c2c[nH]c3ncc(Cl)nc23)n1. The van der Waals surface area contributed by atoms with Crippen LogP contribution in [0.1, 0.15) is 25.7 Å². The van der Waals surface area contributed by atoms with E-state index >= 15 is 0 Å². The number of carboxylic acid groups (broad SMARTS) is 1. The molecule has 33 heavy (non-hydrogen) atoms. The quantitative estimate of drug-likeness (QED) is 0.398. The molecular formula is C22H20ClN7O3. The van der Waals surface area contributed by atoms with Crippen molar-refractivity contribution in [3.05, 3.63) is 35.9 Å². The highest BCUT2D eigenvalue weighted by molar-refractivity contribution is 6.29. The summed E-state index contributed by atoms with van der Waals surface area (Å²) in [5.41, 5.74) is 1.70. The van der Waals surface area contributed by atoms with Gasteiger partial charge in [-0.15, -0.1) is 0 Å². The average molecular weight is 466 g/mol. The Hall–Kier alpha value is -3.53. The molecule has 10 nitrogen and oxygen atoms in total. The number of furan rings is 1. The van der Waals surface area contributed by atoms with Crippen LogP contribution in [0.5, 0.6) is 0 Å². The van der Waals surface area contributed by atoms with E-state index in [2.05, 4.69) is 35.2 Å². The average Bonchev–Trinajstić information content (AvgIpc) is 3.49. The normalized spacial score (nSPS) is 24.3. The topological polar surface area (TPSA) is 143 Å². The third kappa shape index (κ3) is 3.50. The Labute approximate surface area is 192 Å². The van der Waals surface area contributed by atoms with Crippen LogP contribution in [0.25, 0.3) is 34.1 Å². The van der Waals surface area contributed by atoms with Gasteiger partial charge >= 0.3 is 5.97 Å². The number of rotatable bonds is 5. The fraction of sp³-hybridized carbons (Fsp3) is 0.364. The van der Waals surface area contributed by atoms with Crippen LogP contribution in [-0.2, 0) is 4.79 Å². The van der Waals surface area contributed by atoms with Crippen LogP contribution in [0.3, 0.4) is 0 Å². The maximum atomic E-state index is 12.1. The summed E-state index contributed by atoms with van der Waals surface area (Å²) in [5, 5.41) is 13.5. The molecule has 11 heteroatoms. The first-order chi connectivity index (χ1) is 16.1. The van der Waals surface area contributed by atoms with Gasteiger partial charge in [0.15, 0.2) is 17.2 Å². The van der Waals surface area contributed by atoms with Crippen LogP contribution >= 0.6 is 11.6 Å². The Morgan fingerprint density at radius 1 is 1.12 bits per heavy atom. The van der Waals surface area contributed by atoms with E-state index in [4.69, 9.17) is 16.0 Å². The molecule has 2 atom stereocenters. The first-order valence-electron chi connectivity index (χ1n) is 10.9. The molecule has 3 fully saturated rings. The highest BCUT2D eigenvalue weighted by Crippen LogP contribution is 2.46. The zero-order valence-corrected chi connectivity index (χ0v) is 18.2. The lowest BCUT2D eigenvalue weighted by atomic mass is 9.61. The minimum Gasteiger partial charge on any atom is -0.481 e. The monoisotopic (exact) mass is 465 g/mol. The van der Waals surface area contributed by atoms with E-state index in [0.29, 0.717) is 40.1 Å². The number of nitrogens with one attached hydrogen (secondary N) is 2. The van der Waals surface area contributed by atoms with E-state index in [1.165, 1.54) is 6.20 Å². The van der Waals surface area contributed by atoms with Gasteiger partial charge in [0, 0.05) is 12.2 Å². The molecule has 2 bridgehead atoms. The number of carboxylic acids is 1. The Balaban J connectivity index is 1.45. The fourth-order valence-corrected chi connectivity index (χ4v) is 5.41. The molecule has 3 saturated carbocycles. The standard InChI is InChI=1S/C22H20ClN7O3/c23-14-9-25-20-17(26-14)12(8-24-20)18-28-19(13-2-1-7-33-13)30-22(29-18)27-16-11-5-3-10(4-6-11)15(16)21(31)32/h1-2,7-11,15-16H,3-6H2,(H,24,25)(H,31,32)(H,27,28,29,30). The Kier molecular flexibility index (Phi) is 4.75. The van der Waals surface area contributed by atoms with Crippen LogP contribution < -0.4 is 5.32 Å². The van der Waals surface area contributed by atoms with Crippen molar-refractivity contribution >= 4 is 34.7 Å². The number of hydrogen-bond acceptors (Lipinski definition) is 8. The smallest absolute Gasteiger partial charge is 0.308 e. The highest BCUT2D eigenvalue weighted by atomic mass is 35.5. The third-order valence-electron chi connectivity index (χ3n) is 6.77. The lowest BCUT2D eigenvalue weighted by Crippen LogP contribution is -2.51. The molecule has 2 unspecified atom stereocenters. The molecule has 0 amide bonds. The summed E-state index contributed by atoms with van der Waals surface area (Å²) in [5.74, 6) is 0.666. The molecule has 0 aliphatic heterocycles. The van der Waals surface area contributed by atoms with E-state index in [0.717, 1.165) is 25.7 Å².